The number of benzene rings is 5. The van der Waals surface area contributed by atoms with E-state index >= 15 is 0 Å². The molecule has 2 aromatic heterocycles. The Bertz CT molecular complexity index is 2740. The number of anilines is 3. The van der Waals surface area contributed by atoms with Crippen molar-refractivity contribution in [3.8, 4) is 22.3 Å². The zero-order valence-corrected chi connectivity index (χ0v) is 29.6. The summed E-state index contributed by atoms with van der Waals surface area (Å²) >= 11 is 0. The largest absolute Gasteiger partial charge is 0.308 e. The lowest BCUT2D eigenvalue weighted by molar-refractivity contribution is -0.193. The second-order valence-corrected chi connectivity index (χ2v) is 17.4. The van der Waals surface area contributed by atoms with E-state index in [1.165, 1.54) is 70.4 Å². The van der Waals surface area contributed by atoms with Gasteiger partial charge in [0.05, 0.1) is 28.6 Å². The molecule has 6 unspecified atom stereocenters. The van der Waals surface area contributed by atoms with Crippen LogP contribution >= 0.6 is 0 Å². The van der Waals surface area contributed by atoms with Gasteiger partial charge in [0.15, 0.2) is 0 Å². The van der Waals surface area contributed by atoms with Gasteiger partial charge in [-0.3, -0.25) is 9.97 Å². The fourth-order valence-corrected chi connectivity index (χ4v) is 13.6. The van der Waals surface area contributed by atoms with Gasteiger partial charge in [0.1, 0.15) is 0 Å². The summed E-state index contributed by atoms with van der Waals surface area (Å²) in [6.45, 7) is 4.77. The molecule has 0 amide bonds. The van der Waals surface area contributed by atoms with Crippen LogP contribution in [0.1, 0.15) is 61.8 Å². The third kappa shape index (κ3) is 3.04. The quantitative estimate of drug-likeness (QED) is 0.175. The van der Waals surface area contributed by atoms with Crippen molar-refractivity contribution in [3.05, 3.63) is 150 Å². The van der Waals surface area contributed by atoms with Gasteiger partial charge < -0.3 is 4.90 Å². The van der Waals surface area contributed by atoms with Gasteiger partial charge in [-0.2, -0.15) is 0 Å². The van der Waals surface area contributed by atoms with Gasteiger partial charge in [-0.05, 0) is 124 Å². The lowest BCUT2D eigenvalue weighted by atomic mass is 9.34. The van der Waals surface area contributed by atoms with E-state index in [1.807, 2.05) is 12.3 Å². The standard InChI is InChI=1S/C49H39N3/c1-47(2)38-12-5-3-10-35(38)36-19-18-33(25-41(36)47)52(34-21-29-17-16-28-9-8-20-50-45(28)46(29)51-27-34)42-15-7-14-40-44(42)37-11-4-6-13-39(37)49(40)32-23-30-22-31-24-43(49)48(30,31)26-32/h3-21,25,27,30-32,43H,22-24,26H2,1-2H3. The van der Waals surface area contributed by atoms with E-state index in [-0.39, 0.29) is 10.8 Å². The molecule has 13 rings (SSSR count). The van der Waals surface area contributed by atoms with Crippen LogP contribution in [0.3, 0.4) is 0 Å². The SMILES string of the molecule is CC1(C)c2ccccc2-c2ccc(N(c3cnc4c(ccc5cccnc54)c3)c3cccc4c3-c3ccccc3C43C4CC5CC6CC3C56C4)cc21. The molecule has 4 saturated carbocycles. The van der Waals surface area contributed by atoms with E-state index in [4.69, 9.17) is 9.97 Å². The Morgan fingerprint density at radius 1 is 0.577 bits per heavy atom. The van der Waals surface area contributed by atoms with Gasteiger partial charge in [-0.1, -0.05) is 98.8 Å². The molecule has 4 fully saturated rings. The molecule has 0 radical (unpaired) electrons. The lowest BCUT2D eigenvalue weighted by Crippen LogP contribution is -2.65. The van der Waals surface area contributed by atoms with Gasteiger partial charge in [0.25, 0.3) is 0 Å². The zero-order valence-electron chi connectivity index (χ0n) is 29.6. The maximum Gasteiger partial charge on any atom is 0.0966 e. The average Bonchev–Trinajstić information content (AvgIpc) is 3.85. The molecule has 2 heterocycles. The van der Waals surface area contributed by atoms with E-state index in [0.717, 1.165) is 51.2 Å². The van der Waals surface area contributed by atoms with Crippen LogP contribution < -0.4 is 4.90 Å². The van der Waals surface area contributed by atoms with Crippen molar-refractivity contribution in [3.63, 3.8) is 0 Å². The molecule has 52 heavy (non-hydrogen) atoms. The van der Waals surface area contributed by atoms with Crippen LogP contribution in [0.4, 0.5) is 17.1 Å². The lowest BCUT2D eigenvalue weighted by Gasteiger charge is -2.70. The minimum atomic E-state index is -0.0996. The van der Waals surface area contributed by atoms with Crippen LogP contribution in [0, 0.1) is 29.1 Å². The summed E-state index contributed by atoms with van der Waals surface area (Å²) in [5.74, 6) is 3.45. The molecule has 0 saturated heterocycles. The first kappa shape index (κ1) is 28.3. The monoisotopic (exact) mass is 669 g/mol. The van der Waals surface area contributed by atoms with Crippen LogP contribution in [0.2, 0.25) is 0 Å². The average molecular weight is 670 g/mol. The van der Waals surface area contributed by atoms with Crippen molar-refractivity contribution in [2.45, 2.75) is 50.4 Å². The van der Waals surface area contributed by atoms with E-state index in [0.29, 0.717) is 5.41 Å². The topological polar surface area (TPSA) is 29.0 Å². The van der Waals surface area contributed by atoms with Crippen LogP contribution in [0.15, 0.2) is 128 Å². The van der Waals surface area contributed by atoms with Gasteiger partial charge >= 0.3 is 0 Å². The highest BCUT2D eigenvalue weighted by molar-refractivity contribution is 6.04. The molecule has 0 aliphatic heterocycles. The number of fused-ring (bicyclic) bond motifs is 14. The van der Waals surface area contributed by atoms with Crippen LogP contribution in [-0.2, 0) is 10.8 Å². The fourth-order valence-electron chi connectivity index (χ4n) is 13.6. The van der Waals surface area contributed by atoms with Gasteiger partial charge in [0, 0.05) is 39.1 Å². The van der Waals surface area contributed by atoms with Crippen molar-refractivity contribution in [2.75, 3.05) is 4.90 Å². The Morgan fingerprint density at radius 2 is 1.33 bits per heavy atom. The zero-order chi connectivity index (χ0) is 34.1. The first-order chi connectivity index (χ1) is 25.5. The van der Waals surface area contributed by atoms with E-state index in [1.54, 1.807) is 11.1 Å². The normalized spacial score (nSPS) is 28.6. The second kappa shape index (κ2) is 9.19. The van der Waals surface area contributed by atoms with Crippen LogP contribution in [-0.4, -0.2) is 9.97 Å². The third-order valence-corrected chi connectivity index (χ3v) is 15.5. The van der Waals surface area contributed by atoms with Crippen molar-refractivity contribution < 1.29 is 0 Å². The number of pyridine rings is 2. The van der Waals surface area contributed by atoms with Crippen molar-refractivity contribution in [1.29, 1.82) is 0 Å². The molecule has 6 atom stereocenters. The summed E-state index contributed by atoms with van der Waals surface area (Å²) < 4.78 is 0. The first-order valence-electron chi connectivity index (χ1n) is 19.4. The van der Waals surface area contributed by atoms with Crippen molar-refractivity contribution in [2.24, 2.45) is 29.1 Å². The Kier molecular flexibility index (Phi) is 5.01. The first-order valence-corrected chi connectivity index (χ1v) is 19.4. The fraction of sp³-hybridized carbons (Fsp3) is 0.265. The van der Waals surface area contributed by atoms with E-state index in [2.05, 4.69) is 134 Å². The predicted molar refractivity (Wildman–Crippen MR) is 210 cm³/mol. The summed E-state index contributed by atoms with van der Waals surface area (Å²) in [6, 6.07) is 43.8. The molecule has 3 nitrogen and oxygen atoms in total. The Balaban J connectivity index is 1.07. The molecule has 2 bridgehead atoms. The van der Waals surface area contributed by atoms with Crippen LogP contribution in [0.5, 0.6) is 0 Å². The van der Waals surface area contributed by atoms with Gasteiger partial charge in [-0.25, -0.2) is 0 Å². The summed E-state index contributed by atoms with van der Waals surface area (Å²) in [5.41, 5.74) is 17.6. The molecule has 6 aliphatic carbocycles. The van der Waals surface area contributed by atoms with Gasteiger partial charge in [-0.15, -0.1) is 0 Å². The number of nitrogens with zero attached hydrogens (tertiary/aromatic N) is 3. The highest BCUT2D eigenvalue weighted by atomic mass is 15.2. The molecule has 5 aromatic carbocycles. The third-order valence-electron chi connectivity index (χ3n) is 15.5. The van der Waals surface area contributed by atoms with Crippen LogP contribution in [0.25, 0.3) is 44.1 Å². The summed E-state index contributed by atoms with van der Waals surface area (Å²) in [4.78, 5) is 12.5. The van der Waals surface area contributed by atoms with Crippen molar-refractivity contribution >= 4 is 38.9 Å². The predicted octanol–water partition coefficient (Wildman–Crippen LogP) is 11.9. The number of rotatable bonds is 3. The minimum absolute atomic E-state index is 0.0996. The Hall–Kier alpha value is -5.28. The minimum Gasteiger partial charge on any atom is -0.308 e. The summed E-state index contributed by atoms with van der Waals surface area (Å²) in [5, 5.41) is 2.23. The molecular formula is C49H39N3. The molecule has 0 N–H and O–H groups in total. The molecule has 3 heteroatoms. The summed E-state index contributed by atoms with van der Waals surface area (Å²) in [6.07, 6.45) is 9.71. The van der Waals surface area contributed by atoms with Gasteiger partial charge in [0.2, 0.25) is 0 Å². The second-order valence-electron chi connectivity index (χ2n) is 17.4. The number of hydrogen-bond donors (Lipinski definition) is 0. The Morgan fingerprint density at radius 3 is 2.21 bits per heavy atom. The van der Waals surface area contributed by atoms with E-state index in [9.17, 15) is 0 Å². The number of aromatic nitrogens is 2. The molecular weight excluding hydrogens is 631 g/mol. The molecule has 2 spiro atoms. The smallest absolute Gasteiger partial charge is 0.0966 e. The summed E-state index contributed by atoms with van der Waals surface area (Å²) in [7, 11) is 0. The maximum absolute atomic E-state index is 5.19. The highest BCUT2D eigenvalue weighted by Gasteiger charge is 2.82. The molecule has 250 valence electrons. The maximum atomic E-state index is 5.19. The Labute approximate surface area is 304 Å². The van der Waals surface area contributed by atoms with Crippen molar-refractivity contribution in [1.82, 2.24) is 9.97 Å². The number of hydrogen-bond acceptors (Lipinski definition) is 3. The van der Waals surface area contributed by atoms with E-state index < -0.39 is 0 Å². The molecule has 6 aliphatic rings. The molecule has 7 aromatic rings. The highest BCUT2D eigenvalue weighted by Crippen LogP contribution is 2.88.